The van der Waals surface area contributed by atoms with Gasteiger partial charge in [0, 0.05) is 24.6 Å². The van der Waals surface area contributed by atoms with Crippen molar-refractivity contribution in [3.63, 3.8) is 0 Å². The Morgan fingerprint density at radius 2 is 2.12 bits per heavy atom. The summed E-state index contributed by atoms with van der Waals surface area (Å²) in [4.78, 5) is 25.2. The Labute approximate surface area is 141 Å². The molecule has 2 heterocycles. The third-order valence-corrected chi connectivity index (χ3v) is 5.07. The minimum absolute atomic E-state index is 0.119. The number of carboxylic acids is 1. The molecule has 2 aliphatic heterocycles. The van der Waals surface area contributed by atoms with Crippen LogP contribution in [0.15, 0.2) is 24.3 Å². The van der Waals surface area contributed by atoms with Gasteiger partial charge in [0.05, 0.1) is 12.0 Å². The number of amides is 2. The number of carbonyl (C=O) groups is 2. The molecule has 2 N–H and O–H groups in total. The molecule has 1 saturated heterocycles. The molecule has 1 aromatic carbocycles. The number of rotatable bonds is 3. The lowest BCUT2D eigenvalue weighted by Gasteiger charge is -2.33. The molecule has 0 radical (unpaired) electrons. The molecule has 0 aromatic heterocycles. The fourth-order valence-electron chi connectivity index (χ4n) is 3.66. The van der Waals surface area contributed by atoms with Crippen LogP contribution < -0.4 is 10.1 Å². The second-order valence-electron chi connectivity index (χ2n) is 6.77. The number of carbonyl (C=O) groups excluding carboxylic acids is 1. The van der Waals surface area contributed by atoms with Crippen LogP contribution in [0.3, 0.4) is 0 Å². The van der Waals surface area contributed by atoms with E-state index in [1.54, 1.807) is 4.90 Å². The van der Waals surface area contributed by atoms with Gasteiger partial charge in [-0.15, -0.1) is 0 Å². The second kappa shape index (κ2) is 6.71. The summed E-state index contributed by atoms with van der Waals surface area (Å²) in [6.07, 6.45) is 1.24. The van der Waals surface area contributed by atoms with E-state index in [9.17, 15) is 9.59 Å². The molecule has 6 nitrogen and oxygen atoms in total. The number of carboxylic acid groups (broad SMARTS) is 1. The van der Waals surface area contributed by atoms with Crippen LogP contribution in [0.5, 0.6) is 5.75 Å². The van der Waals surface area contributed by atoms with Gasteiger partial charge in [-0.05, 0) is 25.8 Å². The van der Waals surface area contributed by atoms with Crippen molar-refractivity contribution in [3.05, 3.63) is 29.8 Å². The summed E-state index contributed by atoms with van der Waals surface area (Å²) < 4.78 is 6.00. The van der Waals surface area contributed by atoms with Crippen molar-refractivity contribution in [1.29, 1.82) is 0 Å². The van der Waals surface area contributed by atoms with Gasteiger partial charge < -0.3 is 20.1 Å². The quantitative estimate of drug-likeness (QED) is 0.891. The summed E-state index contributed by atoms with van der Waals surface area (Å²) >= 11 is 0. The van der Waals surface area contributed by atoms with E-state index >= 15 is 0 Å². The van der Waals surface area contributed by atoms with E-state index in [1.807, 2.05) is 25.1 Å². The minimum atomic E-state index is -0.830. The first-order valence-corrected chi connectivity index (χ1v) is 8.51. The maximum absolute atomic E-state index is 12.5. The number of nitrogens with zero attached hydrogens (tertiary/aromatic N) is 1. The molecule has 1 fully saturated rings. The van der Waals surface area contributed by atoms with Gasteiger partial charge in [0.1, 0.15) is 11.9 Å². The van der Waals surface area contributed by atoms with Crippen molar-refractivity contribution in [2.75, 3.05) is 13.1 Å². The summed E-state index contributed by atoms with van der Waals surface area (Å²) in [5.41, 5.74) is 1.16. The Morgan fingerprint density at radius 3 is 2.83 bits per heavy atom. The lowest BCUT2D eigenvalue weighted by Crippen LogP contribution is -2.52. The number of benzene rings is 1. The molecule has 2 amide bonds. The Morgan fingerprint density at radius 1 is 1.38 bits per heavy atom. The molecule has 0 bridgehead atoms. The van der Waals surface area contributed by atoms with Crippen LogP contribution in [0.2, 0.25) is 0 Å². The molecule has 2 aliphatic rings. The first-order valence-electron chi connectivity index (χ1n) is 8.51. The summed E-state index contributed by atoms with van der Waals surface area (Å²) in [7, 11) is 0. The molecule has 130 valence electrons. The predicted octanol–water partition coefficient (Wildman–Crippen LogP) is 2.45. The van der Waals surface area contributed by atoms with Crippen molar-refractivity contribution in [1.82, 2.24) is 10.2 Å². The van der Waals surface area contributed by atoms with E-state index in [4.69, 9.17) is 9.84 Å². The van der Waals surface area contributed by atoms with Crippen LogP contribution in [0.25, 0.3) is 0 Å². The van der Waals surface area contributed by atoms with E-state index in [0.29, 0.717) is 13.0 Å². The first kappa shape index (κ1) is 16.6. The smallest absolute Gasteiger partial charge is 0.317 e. The lowest BCUT2D eigenvalue weighted by atomic mass is 9.94. The van der Waals surface area contributed by atoms with Gasteiger partial charge in [0.25, 0.3) is 0 Å². The Bertz CT molecular complexity index is 633. The molecule has 24 heavy (non-hydrogen) atoms. The molecule has 4 atom stereocenters. The molecule has 0 spiro atoms. The third kappa shape index (κ3) is 3.18. The van der Waals surface area contributed by atoms with E-state index in [0.717, 1.165) is 17.7 Å². The number of aliphatic carboxylic acids is 1. The Hall–Kier alpha value is -2.24. The number of nitrogens with one attached hydrogen (secondary N) is 1. The number of piperidine rings is 1. The van der Waals surface area contributed by atoms with Gasteiger partial charge in [-0.25, -0.2) is 4.79 Å². The number of para-hydroxylation sites is 1. The summed E-state index contributed by atoms with van der Waals surface area (Å²) in [5.74, 6) is -0.223. The van der Waals surface area contributed by atoms with Gasteiger partial charge >= 0.3 is 12.0 Å². The zero-order valence-electron chi connectivity index (χ0n) is 14.1. The van der Waals surface area contributed by atoms with Crippen molar-refractivity contribution in [2.45, 2.75) is 44.8 Å². The van der Waals surface area contributed by atoms with Crippen LogP contribution in [0.4, 0.5) is 4.79 Å². The summed E-state index contributed by atoms with van der Waals surface area (Å²) in [6, 6.07) is 7.56. The van der Waals surface area contributed by atoms with E-state index < -0.39 is 11.9 Å². The number of hydrogen-bond donors (Lipinski definition) is 2. The lowest BCUT2D eigenvalue weighted by molar-refractivity contribution is -0.143. The van der Waals surface area contributed by atoms with Gasteiger partial charge in [0.15, 0.2) is 0 Å². The third-order valence-electron chi connectivity index (χ3n) is 5.07. The van der Waals surface area contributed by atoms with Gasteiger partial charge in [0.2, 0.25) is 0 Å². The average molecular weight is 332 g/mol. The highest BCUT2D eigenvalue weighted by Crippen LogP contribution is 2.38. The van der Waals surface area contributed by atoms with Crippen molar-refractivity contribution < 1.29 is 19.4 Å². The molecular weight excluding hydrogens is 308 g/mol. The zero-order chi connectivity index (χ0) is 17.3. The van der Waals surface area contributed by atoms with Gasteiger partial charge in [-0.1, -0.05) is 25.1 Å². The first-order chi connectivity index (χ1) is 11.5. The Balaban J connectivity index is 1.60. The van der Waals surface area contributed by atoms with Crippen LogP contribution in [-0.2, 0) is 4.79 Å². The standard InChI is InChI=1S/C18H24N2O4/c1-11-14-7-3-4-8-15(14)24-16(11)12(2)19-18(23)20-9-5-6-13(10-20)17(21)22/h3-4,7-8,11-13,16H,5-6,9-10H2,1-2H3,(H,19,23)(H,21,22). The second-order valence-corrected chi connectivity index (χ2v) is 6.77. The molecule has 3 rings (SSSR count). The number of likely N-dealkylation sites (tertiary alicyclic amines) is 1. The molecule has 0 aliphatic carbocycles. The van der Waals surface area contributed by atoms with E-state index in [1.165, 1.54) is 0 Å². The molecule has 1 aromatic rings. The number of fused-ring (bicyclic) bond motifs is 1. The van der Waals surface area contributed by atoms with Crippen LogP contribution in [-0.4, -0.2) is 47.2 Å². The van der Waals surface area contributed by atoms with Crippen LogP contribution >= 0.6 is 0 Å². The topological polar surface area (TPSA) is 78.9 Å². The van der Waals surface area contributed by atoms with Gasteiger partial charge in [-0.3, -0.25) is 4.79 Å². The van der Waals surface area contributed by atoms with Crippen molar-refractivity contribution in [3.8, 4) is 5.75 Å². The van der Waals surface area contributed by atoms with E-state index in [2.05, 4.69) is 18.3 Å². The molecule has 4 unspecified atom stereocenters. The molecule has 6 heteroatoms. The average Bonchev–Trinajstić information content (AvgIpc) is 2.92. The SMILES string of the molecule is CC(NC(=O)N1CCCC(C(=O)O)C1)C1Oc2ccccc2C1C. The molecular formula is C18H24N2O4. The highest BCUT2D eigenvalue weighted by atomic mass is 16.5. The van der Waals surface area contributed by atoms with Crippen LogP contribution in [0.1, 0.15) is 38.2 Å². The highest BCUT2D eigenvalue weighted by Gasteiger charge is 2.36. The summed E-state index contributed by atoms with van der Waals surface area (Å²) in [6.45, 7) is 4.91. The highest BCUT2D eigenvalue weighted by molar-refractivity contribution is 5.76. The molecule has 0 saturated carbocycles. The largest absolute Gasteiger partial charge is 0.487 e. The summed E-state index contributed by atoms with van der Waals surface area (Å²) in [5, 5.41) is 12.1. The number of urea groups is 1. The van der Waals surface area contributed by atoms with Crippen molar-refractivity contribution >= 4 is 12.0 Å². The fourth-order valence-corrected chi connectivity index (χ4v) is 3.66. The fraction of sp³-hybridized carbons (Fsp3) is 0.556. The van der Waals surface area contributed by atoms with Gasteiger partial charge in [-0.2, -0.15) is 0 Å². The zero-order valence-corrected chi connectivity index (χ0v) is 14.1. The van der Waals surface area contributed by atoms with E-state index in [-0.39, 0.29) is 30.6 Å². The normalized spacial score (nSPS) is 27.1. The van der Waals surface area contributed by atoms with Crippen LogP contribution in [0, 0.1) is 5.92 Å². The Kier molecular flexibility index (Phi) is 4.64. The maximum atomic E-state index is 12.5. The monoisotopic (exact) mass is 332 g/mol. The minimum Gasteiger partial charge on any atom is -0.487 e. The predicted molar refractivity (Wildman–Crippen MR) is 89.2 cm³/mol. The maximum Gasteiger partial charge on any atom is 0.317 e. The van der Waals surface area contributed by atoms with Crippen molar-refractivity contribution in [2.24, 2.45) is 5.92 Å². The number of hydrogen-bond acceptors (Lipinski definition) is 3. The number of ether oxygens (including phenoxy) is 1.